The molecule has 1 amide bonds. The number of carbonyl (C=O) groups is 1. The van der Waals surface area contributed by atoms with E-state index in [1.54, 1.807) is 25.3 Å². The molecule has 2 aromatic rings. The van der Waals surface area contributed by atoms with Gasteiger partial charge in [-0.15, -0.1) is 10.2 Å². The Hall–Kier alpha value is -2.93. The van der Waals surface area contributed by atoms with Crippen molar-refractivity contribution in [2.45, 2.75) is 50.2 Å². The second kappa shape index (κ2) is 8.07. The zero-order chi connectivity index (χ0) is 21.3. The number of nitrogens with one attached hydrogen (secondary N) is 2. The van der Waals surface area contributed by atoms with Crippen molar-refractivity contribution in [3.8, 4) is 17.0 Å². The van der Waals surface area contributed by atoms with Crippen molar-refractivity contribution in [2.75, 3.05) is 19.0 Å². The quantitative estimate of drug-likeness (QED) is 0.661. The molecule has 1 aromatic carbocycles. The number of aromatic nitrogens is 2. The van der Waals surface area contributed by atoms with Crippen LogP contribution >= 0.6 is 0 Å². The minimum absolute atomic E-state index is 0.104. The Morgan fingerprint density at radius 3 is 2.83 bits per heavy atom. The van der Waals surface area contributed by atoms with Crippen LogP contribution in [0, 0.1) is 0 Å². The minimum Gasteiger partial charge on any atom is -0.507 e. The molecule has 2 fully saturated rings. The highest BCUT2D eigenvalue weighted by molar-refractivity contribution is 5.91. The first-order valence-electron chi connectivity index (χ1n) is 10.4. The third kappa shape index (κ3) is 4.16. The van der Waals surface area contributed by atoms with Gasteiger partial charge in [-0.2, -0.15) is 0 Å². The van der Waals surface area contributed by atoms with Crippen LogP contribution in [0.15, 0.2) is 36.4 Å². The molecule has 0 spiro atoms. The molecule has 3 heterocycles. The van der Waals surface area contributed by atoms with Crippen molar-refractivity contribution in [1.82, 2.24) is 20.8 Å². The molecule has 7 nitrogen and oxygen atoms in total. The lowest BCUT2D eigenvalue weighted by Gasteiger charge is -2.41. The van der Waals surface area contributed by atoms with Crippen LogP contribution in [0.2, 0.25) is 0 Å². The largest absolute Gasteiger partial charge is 0.507 e. The molecule has 2 bridgehead atoms. The van der Waals surface area contributed by atoms with Crippen LogP contribution in [0.4, 0.5) is 5.82 Å². The number of benzene rings is 1. The fourth-order valence-corrected chi connectivity index (χ4v) is 4.66. The molecule has 3 atom stereocenters. The number of phenolic OH excluding ortho intramolecular Hbond substituents is 1. The summed E-state index contributed by atoms with van der Waals surface area (Å²) in [6.45, 7) is 2.32. The lowest BCUT2D eigenvalue weighted by Crippen LogP contribution is -2.53. The number of likely N-dealkylation sites (N-methyl/N-ethyl adjacent to an activating group) is 1. The molecule has 0 radical (unpaired) electrons. The summed E-state index contributed by atoms with van der Waals surface area (Å²) in [6, 6.07) is 10.1. The Bertz CT molecular complexity index is 959. The number of carbonyl (C=O) groups excluding carboxylic acids is 1. The molecular formula is C23H29N5O2. The summed E-state index contributed by atoms with van der Waals surface area (Å²) in [7, 11) is 3.66. The highest BCUT2D eigenvalue weighted by Gasteiger charge is 2.43. The number of fused-ring (bicyclic) bond motifs is 2. The topological polar surface area (TPSA) is 90.4 Å². The molecule has 0 aliphatic carbocycles. The van der Waals surface area contributed by atoms with E-state index in [9.17, 15) is 9.90 Å². The van der Waals surface area contributed by atoms with Gasteiger partial charge in [-0.25, -0.2) is 0 Å². The van der Waals surface area contributed by atoms with Gasteiger partial charge in [0.05, 0.1) is 5.69 Å². The number of amides is 1. The molecule has 0 saturated carbocycles. The van der Waals surface area contributed by atoms with Crippen LogP contribution in [-0.2, 0) is 4.79 Å². The van der Waals surface area contributed by atoms with E-state index < -0.39 is 0 Å². The SMILES string of the molecule is CNC(=O)/C=C/c1ccc(-c2ccc(N(C)[C@H]3C[C@@H]4CC[C@](C)(C3)N4)nn2)c(O)c1. The molecule has 158 valence electrons. The molecule has 0 unspecified atom stereocenters. The van der Waals surface area contributed by atoms with E-state index in [1.165, 1.54) is 18.9 Å². The van der Waals surface area contributed by atoms with Gasteiger partial charge < -0.3 is 20.6 Å². The predicted molar refractivity (Wildman–Crippen MR) is 118 cm³/mol. The maximum atomic E-state index is 11.3. The first kappa shape index (κ1) is 20.3. The lowest BCUT2D eigenvalue weighted by atomic mass is 9.88. The highest BCUT2D eigenvalue weighted by atomic mass is 16.3. The Morgan fingerprint density at radius 1 is 1.33 bits per heavy atom. The third-order valence-electron chi connectivity index (χ3n) is 6.37. The fraction of sp³-hybridized carbons (Fsp3) is 0.435. The van der Waals surface area contributed by atoms with Crippen molar-refractivity contribution in [1.29, 1.82) is 0 Å². The number of rotatable bonds is 5. The molecule has 2 saturated heterocycles. The average Bonchev–Trinajstić information content (AvgIpc) is 3.03. The first-order valence-corrected chi connectivity index (χ1v) is 10.4. The molecule has 2 aliphatic heterocycles. The van der Waals surface area contributed by atoms with E-state index in [0.717, 1.165) is 24.2 Å². The first-order chi connectivity index (χ1) is 14.4. The Balaban J connectivity index is 1.48. The highest BCUT2D eigenvalue weighted by Crippen LogP contribution is 2.38. The van der Waals surface area contributed by atoms with Crippen LogP contribution in [0.25, 0.3) is 17.3 Å². The minimum atomic E-state index is -0.195. The normalized spacial score (nSPS) is 25.4. The van der Waals surface area contributed by atoms with E-state index in [2.05, 4.69) is 39.7 Å². The van der Waals surface area contributed by atoms with E-state index >= 15 is 0 Å². The van der Waals surface area contributed by atoms with Crippen molar-refractivity contribution in [3.63, 3.8) is 0 Å². The van der Waals surface area contributed by atoms with Crippen molar-refractivity contribution in [2.24, 2.45) is 0 Å². The van der Waals surface area contributed by atoms with E-state index in [4.69, 9.17) is 0 Å². The average molecular weight is 408 g/mol. The van der Waals surface area contributed by atoms with Crippen LogP contribution in [0.3, 0.4) is 0 Å². The van der Waals surface area contributed by atoms with Crippen LogP contribution in [0.5, 0.6) is 5.75 Å². The number of nitrogens with zero attached hydrogens (tertiary/aromatic N) is 3. The zero-order valence-corrected chi connectivity index (χ0v) is 17.7. The second-order valence-electron chi connectivity index (χ2n) is 8.65. The number of hydrogen-bond donors (Lipinski definition) is 3. The van der Waals surface area contributed by atoms with Crippen LogP contribution in [0.1, 0.15) is 38.2 Å². The number of anilines is 1. The summed E-state index contributed by atoms with van der Waals surface area (Å²) in [5.41, 5.74) is 2.19. The predicted octanol–water partition coefficient (Wildman–Crippen LogP) is 2.72. The molecule has 2 aliphatic rings. The van der Waals surface area contributed by atoms with E-state index in [0.29, 0.717) is 23.3 Å². The molecule has 4 rings (SSSR count). The molecule has 1 aromatic heterocycles. The van der Waals surface area contributed by atoms with Gasteiger partial charge in [0.15, 0.2) is 5.82 Å². The summed E-state index contributed by atoms with van der Waals surface area (Å²) in [4.78, 5) is 13.6. The van der Waals surface area contributed by atoms with Gasteiger partial charge in [0.25, 0.3) is 0 Å². The van der Waals surface area contributed by atoms with Gasteiger partial charge in [0.2, 0.25) is 5.91 Å². The third-order valence-corrected chi connectivity index (χ3v) is 6.37. The maximum Gasteiger partial charge on any atom is 0.243 e. The molecule has 30 heavy (non-hydrogen) atoms. The summed E-state index contributed by atoms with van der Waals surface area (Å²) >= 11 is 0. The maximum absolute atomic E-state index is 11.3. The molecule has 7 heteroatoms. The number of aromatic hydroxyl groups is 1. The van der Waals surface area contributed by atoms with Crippen molar-refractivity contribution < 1.29 is 9.90 Å². The van der Waals surface area contributed by atoms with Crippen LogP contribution in [-0.4, -0.2) is 52.9 Å². The summed E-state index contributed by atoms with van der Waals surface area (Å²) < 4.78 is 0. The van der Waals surface area contributed by atoms with Crippen molar-refractivity contribution in [3.05, 3.63) is 42.0 Å². The van der Waals surface area contributed by atoms with Gasteiger partial charge >= 0.3 is 0 Å². The fourth-order valence-electron chi connectivity index (χ4n) is 4.66. The number of piperidine rings is 1. The second-order valence-corrected chi connectivity index (χ2v) is 8.65. The Morgan fingerprint density at radius 2 is 2.17 bits per heavy atom. The van der Waals surface area contributed by atoms with Crippen LogP contribution < -0.4 is 15.5 Å². The Labute approximate surface area is 177 Å². The smallest absolute Gasteiger partial charge is 0.243 e. The van der Waals surface area contributed by atoms with Gasteiger partial charge in [-0.3, -0.25) is 4.79 Å². The summed E-state index contributed by atoms with van der Waals surface area (Å²) in [6.07, 6.45) is 7.79. The number of hydrogen-bond acceptors (Lipinski definition) is 6. The van der Waals surface area contributed by atoms with E-state index in [1.807, 2.05) is 18.2 Å². The molecule has 3 N–H and O–H groups in total. The van der Waals surface area contributed by atoms with Crippen molar-refractivity contribution >= 4 is 17.8 Å². The lowest BCUT2D eigenvalue weighted by molar-refractivity contribution is -0.115. The summed E-state index contributed by atoms with van der Waals surface area (Å²) in [5, 5.41) is 25.5. The van der Waals surface area contributed by atoms with Gasteiger partial charge in [-0.1, -0.05) is 6.07 Å². The van der Waals surface area contributed by atoms with E-state index in [-0.39, 0.29) is 17.2 Å². The zero-order valence-electron chi connectivity index (χ0n) is 17.7. The number of phenols is 1. The van der Waals surface area contributed by atoms with Gasteiger partial charge in [0.1, 0.15) is 5.75 Å². The summed E-state index contributed by atoms with van der Waals surface area (Å²) in [5.74, 6) is 0.755. The molecular weight excluding hydrogens is 378 g/mol. The van der Waals surface area contributed by atoms with Gasteiger partial charge in [-0.05, 0) is 68.5 Å². The Kier molecular flexibility index (Phi) is 5.47. The standard InChI is InChI=1S/C23H29N5O2/c1-23-11-10-16(25-23)13-17(14-23)28(3)21-8-7-19(26-27-21)18-6-4-15(12-20(18)29)5-9-22(30)24-2/h4-9,12,16-17,25,29H,10-11,13-14H2,1-3H3,(H,24,30)/b9-5+/t16-,17-,23+/m0/s1. The monoisotopic (exact) mass is 407 g/mol. The van der Waals surface area contributed by atoms with Gasteiger partial charge in [0, 0.05) is 43.4 Å².